The number of benzene rings is 1. The van der Waals surface area contributed by atoms with Gasteiger partial charge in [0.25, 0.3) is 0 Å². The fraction of sp³-hybridized carbons (Fsp3) is 0.500. The summed E-state index contributed by atoms with van der Waals surface area (Å²) < 4.78 is 5.63. The Morgan fingerprint density at radius 2 is 2.12 bits per heavy atom. The Bertz CT molecular complexity index is 672. The van der Waals surface area contributed by atoms with E-state index in [9.17, 15) is 4.79 Å². The Morgan fingerprint density at radius 1 is 1.36 bits per heavy atom. The Balaban J connectivity index is 1.83. The van der Waals surface area contributed by atoms with Crippen molar-refractivity contribution < 1.29 is 15.0 Å². The molecule has 2 aliphatic heterocycles. The van der Waals surface area contributed by atoms with Gasteiger partial charge in [-0.3, -0.25) is 4.90 Å². The Morgan fingerprint density at radius 3 is 2.76 bits per heavy atom. The molecule has 0 bridgehead atoms. The van der Waals surface area contributed by atoms with E-state index in [0.717, 1.165) is 36.5 Å². The van der Waals surface area contributed by atoms with Crippen molar-refractivity contribution in [1.29, 1.82) is 0 Å². The summed E-state index contributed by atoms with van der Waals surface area (Å²) in [7, 11) is 0. The van der Waals surface area contributed by atoms with Gasteiger partial charge in [-0.2, -0.15) is 5.43 Å². The van der Waals surface area contributed by atoms with E-state index in [0.29, 0.717) is 6.54 Å². The van der Waals surface area contributed by atoms with Crippen molar-refractivity contribution in [2.24, 2.45) is 10.3 Å². The molecule has 0 radical (unpaired) electrons. The predicted octanol–water partition coefficient (Wildman–Crippen LogP) is 1.90. The fourth-order valence-corrected chi connectivity index (χ4v) is 2.99. The zero-order valence-electron chi connectivity index (χ0n) is 15.0. The number of hydrogen-bond donors (Lipinski definition) is 2. The van der Waals surface area contributed by atoms with E-state index < -0.39 is 5.60 Å². The smallest absolute Gasteiger partial charge is 0.411 e. The normalized spacial score (nSPS) is 20.2. The zero-order valence-corrected chi connectivity index (χ0v) is 15.0. The molecule has 1 aromatic rings. The minimum Gasteiger partial charge on any atom is -0.444 e. The van der Waals surface area contributed by atoms with Crippen LogP contribution in [0.1, 0.15) is 32.8 Å². The maximum atomic E-state index is 12.8. The summed E-state index contributed by atoms with van der Waals surface area (Å²) in [5, 5.41) is 11.6. The molecule has 0 aliphatic carbocycles. The third-order valence-electron chi connectivity index (χ3n) is 4.17. The van der Waals surface area contributed by atoms with Crippen molar-refractivity contribution in [3.05, 3.63) is 41.6 Å². The van der Waals surface area contributed by atoms with Gasteiger partial charge in [0.05, 0.1) is 0 Å². The molecule has 0 saturated carbocycles. The van der Waals surface area contributed by atoms with Gasteiger partial charge in [-0.25, -0.2) is 4.79 Å². The molecule has 2 aliphatic rings. The van der Waals surface area contributed by atoms with Crippen LogP contribution >= 0.6 is 0 Å². The van der Waals surface area contributed by atoms with E-state index in [4.69, 9.17) is 4.74 Å². The molecular weight excluding hydrogens is 318 g/mol. The predicted molar refractivity (Wildman–Crippen MR) is 94.4 cm³/mol. The number of rotatable bonds is 4. The van der Waals surface area contributed by atoms with E-state index in [1.54, 1.807) is 10.3 Å². The molecule has 134 valence electrons. The first-order valence-electron chi connectivity index (χ1n) is 8.67. The van der Waals surface area contributed by atoms with Gasteiger partial charge in [-0.1, -0.05) is 35.4 Å². The quantitative estimate of drug-likeness (QED) is 0.818. The van der Waals surface area contributed by atoms with E-state index >= 15 is 0 Å². The number of amides is 1. The number of hydrogen-bond acceptors (Lipinski definition) is 5. The highest BCUT2D eigenvalue weighted by Crippen LogP contribution is 2.22. The van der Waals surface area contributed by atoms with Crippen molar-refractivity contribution >= 4 is 11.8 Å². The summed E-state index contributed by atoms with van der Waals surface area (Å²) in [4.78, 5) is 14.6. The highest BCUT2D eigenvalue weighted by molar-refractivity contribution is 5.71. The highest BCUT2D eigenvalue weighted by Gasteiger charge is 2.33. The molecule has 25 heavy (non-hydrogen) atoms. The topological polar surface area (TPSA) is 82.9 Å². The lowest BCUT2D eigenvalue weighted by molar-refractivity contribution is -0.615. The number of nitrogens with one attached hydrogen (secondary N) is 1. The Labute approximate surface area is 148 Å². The summed E-state index contributed by atoms with van der Waals surface area (Å²) in [6, 6.07) is 10.0. The number of nitrogens with zero attached hydrogens (tertiary/aromatic N) is 3. The van der Waals surface area contributed by atoms with Gasteiger partial charge in [0.1, 0.15) is 12.1 Å². The largest absolute Gasteiger partial charge is 0.444 e. The van der Waals surface area contributed by atoms with Crippen LogP contribution in [-0.2, 0) is 4.74 Å². The molecule has 0 aromatic heterocycles. The van der Waals surface area contributed by atoms with Crippen LogP contribution < -0.4 is 10.7 Å². The van der Waals surface area contributed by atoms with Gasteiger partial charge in [-0.05, 0) is 33.7 Å². The van der Waals surface area contributed by atoms with Crippen LogP contribution in [0.2, 0.25) is 0 Å². The Kier molecular flexibility index (Phi) is 5.15. The van der Waals surface area contributed by atoms with E-state index in [1.165, 1.54) is 0 Å². The molecule has 3 rings (SSSR count). The third-order valence-corrected chi connectivity index (χ3v) is 4.17. The average molecular weight is 344 g/mol. The van der Waals surface area contributed by atoms with Crippen molar-refractivity contribution in [3.63, 3.8) is 0 Å². The third kappa shape index (κ3) is 4.43. The zero-order chi connectivity index (χ0) is 17.9. The first-order chi connectivity index (χ1) is 11.9. The summed E-state index contributed by atoms with van der Waals surface area (Å²) >= 11 is 0. The summed E-state index contributed by atoms with van der Waals surface area (Å²) in [6.45, 7) is 7.79. The van der Waals surface area contributed by atoms with Gasteiger partial charge in [0, 0.05) is 23.4 Å². The van der Waals surface area contributed by atoms with Crippen LogP contribution in [0.5, 0.6) is 0 Å². The molecule has 7 heteroatoms. The average Bonchev–Trinajstić information content (AvgIpc) is 3.23. The number of quaternary nitrogens is 1. The lowest BCUT2D eigenvalue weighted by Crippen LogP contribution is -2.76. The van der Waals surface area contributed by atoms with Crippen LogP contribution in [-0.4, -0.2) is 42.3 Å². The summed E-state index contributed by atoms with van der Waals surface area (Å²) in [5.41, 5.74) is 3.97. The molecule has 1 saturated heterocycles. The lowest BCUT2D eigenvalue weighted by Gasteiger charge is -2.30. The minimum absolute atomic E-state index is 0.119. The van der Waals surface area contributed by atoms with Gasteiger partial charge in [0.15, 0.2) is 11.4 Å². The van der Waals surface area contributed by atoms with Gasteiger partial charge >= 0.3 is 6.09 Å². The van der Waals surface area contributed by atoms with Crippen LogP contribution in [0.15, 0.2) is 46.4 Å². The molecule has 7 nitrogen and oxygen atoms in total. The standard InChI is InChI=1S/C18H25N5O2/c1-18(2,3)25-17(24)23(14-9-10-19-11-14)12-15-16(21-22-20-15)13-7-5-4-6-8-13/h4-8,14,19H,9-12H2,1-3H3,(H,20,21,22)/p+1/t14-/m0/s1. The maximum absolute atomic E-state index is 12.8. The highest BCUT2D eigenvalue weighted by atomic mass is 16.6. The molecular formula is C18H26N5O2+. The van der Waals surface area contributed by atoms with Crippen molar-refractivity contribution in [2.45, 2.75) is 38.8 Å². The molecule has 1 fully saturated rings. The molecule has 1 amide bonds. The second-order valence-electron chi connectivity index (χ2n) is 7.34. The number of carbonyl (C=O) groups is 1. The maximum Gasteiger partial charge on any atom is 0.411 e. The molecule has 0 spiro atoms. The fourth-order valence-electron chi connectivity index (χ4n) is 2.99. The number of nitrogens with two attached hydrogens (primary N) is 1. The Hall–Kier alpha value is -2.25. The number of carbonyl (C=O) groups excluding carboxylic acids is 1. The second kappa shape index (κ2) is 7.33. The van der Waals surface area contributed by atoms with E-state index in [-0.39, 0.29) is 12.1 Å². The van der Waals surface area contributed by atoms with Crippen molar-refractivity contribution in [1.82, 2.24) is 10.2 Å². The lowest BCUT2D eigenvalue weighted by atomic mass is 10.1. The second-order valence-corrected chi connectivity index (χ2v) is 7.34. The van der Waals surface area contributed by atoms with Crippen LogP contribution in [0.3, 0.4) is 0 Å². The SMILES string of the molecule is CC(C)(C)OC(=O)N(CC1=C(c2ccccc2)N=N[NH2+]1)[C@H]1CCNC1. The first-order valence-corrected chi connectivity index (χ1v) is 8.67. The van der Waals surface area contributed by atoms with Gasteiger partial charge in [0.2, 0.25) is 0 Å². The van der Waals surface area contributed by atoms with E-state index in [1.807, 2.05) is 51.1 Å². The van der Waals surface area contributed by atoms with Crippen LogP contribution in [0.25, 0.3) is 5.70 Å². The molecule has 1 atom stereocenters. The van der Waals surface area contributed by atoms with Crippen molar-refractivity contribution in [2.75, 3.05) is 19.6 Å². The minimum atomic E-state index is -0.522. The van der Waals surface area contributed by atoms with Gasteiger partial charge in [-0.15, -0.1) is 0 Å². The molecule has 0 unspecified atom stereocenters. The monoisotopic (exact) mass is 344 g/mol. The molecule has 2 heterocycles. The van der Waals surface area contributed by atoms with Gasteiger partial charge < -0.3 is 10.1 Å². The molecule has 3 N–H and O–H groups in total. The van der Waals surface area contributed by atoms with Crippen molar-refractivity contribution in [3.8, 4) is 0 Å². The van der Waals surface area contributed by atoms with Crippen LogP contribution in [0.4, 0.5) is 4.79 Å². The number of ether oxygens (including phenoxy) is 1. The summed E-state index contributed by atoms with van der Waals surface area (Å²) in [5.74, 6) is 0. The van der Waals surface area contributed by atoms with E-state index in [2.05, 4.69) is 15.7 Å². The molecule has 1 aromatic carbocycles. The van der Waals surface area contributed by atoms with Crippen LogP contribution in [0, 0.1) is 0 Å². The summed E-state index contributed by atoms with van der Waals surface area (Å²) in [6.07, 6.45) is 0.628. The first kappa shape index (κ1) is 17.6.